The second-order valence-electron chi connectivity index (χ2n) is 7.39. The van der Waals surface area contributed by atoms with Crippen molar-refractivity contribution in [3.63, 3.8) is 0 Å². The van der Waals surface area contributed by atoms with Crippen molar-refractivity contribution in [2.24, 2.45) is 7.05 Å². The zero-order chi connectivity index (χ0) is 19.7. The molecule has 0 aliphatic carbocycles. The fraction of sp³-hybridized carbons (Fsp3) is 0.611. The molecule has 28 heavy (non-hydrogen) atoms. The maximum absolute atomic E-state index is 12.9. The molecule has 0 bridgehead atoms. The first-order chi connectivity index (χ1) is 13.4. The van der Waals surface area contributed by atoms with Crippen LogP contribution >= 0.6 is 0 Å². The molecule has 2 fully saturated rings. The average Bonchev–Trinajstić information content (AvgIpc) is 3.08. The number of anilines is 2. The van der Waals surface area contributed by atoms with E-state index in [9.17, 15) is 8.42 Å². The number of sulfonamides is 1. The van der Waals surface area contributed by atoms with Gasteiger partial charge in [0, 0.05) is 58.7 Å². The molecule has 0 atom stereocenters. The van der Waals surface area contributed by atoms with Gasteiger partial charge in [-0.25, -0.2) is 18.4 Å². The van der Waals surface area contributed by atoms with E-state index in [4.69, 9.17) is 4.98 Å². The highest BCUT2D eigenvalue weighted by Gasteiger charge is 2.31. The lowest BCUT2D eigenvalue weighted by atomic mass is 10.1. The predicted molar refractivity (Wildman–Crippen MR) is 107 cm³/mol. The van der Waals surface area contributed by atoms with Crippen LogP contribution < -0.4 is 9.80 Å². The van der Waals surface area contributed by atoms with Gasteiger partial charge in [-0.1, -0.05) is 0 Å². The summed E-state index contributed by atoms with van der Waals surface area (Å²) in [4.78, 5) is 17.7. The lowest BCUT2D eigenvalue weighted by Crippen LogP contribution is -2.49. The van der Waals surface area contributed by atoms with Crippen molar-refractivity contribution >= 4 is 21.8 Å². The Morgan fingerprint density at radius 1 is 0.929 bits per heavy atom. The quantitative estimate of drug-likeness (QED) is 0.750. The standard InChI is InChI=1S/C18H27N7O2S/c1-15-20-17(14-22(15)2)28(26,27)25-12-10-23(11-13-25)16-6-7-19-18(21-16)24-8-4-3-5-9-24/h6-7,14H,3-5,8-13H2,1-2H3. The van der Waals surface area contributed by atoms with Crippen LogP contribution in [-0.2, 0) is 17.1 Å². The molecule has 2 aromatic rings. The summed E-state index contributed by atoms with van der Waals surface area (Å²) >= 11 is 0. The third-order valence-corrected chi connectivity index (χ3v) is 7.29. The first kappa shape index (κ1) is 19.1. The number of piperidine rings is 1. The van der Waals surface area contributed by atoms with Crippen molar-refractivity contribution in [2.75, 3.05) is 49.1 Å². The Morgan fingerprint density at radius 3 is 2.29 bits per heavy atom. The molecule has 0 aromatic carbocycles. The van der Waals surface area contributed by atoms with Gasteiger partial charge >= 0.3 is 0 Å². The Balaban J connectivity index is 1.44. The van der Waals surface area contributed by atoms with Gasteiger partial charge < -0.3 is 14.4 Å². The normalized spacial score (nSPS) is 19.2. The summed E-state index contributed by atoms with van der Waals surface area (Å²) in [5.74, 6) is 2.32. The van der Waals surface area contributed by atoms with Crippen LogP contribution in [0, 0.1) is 6.92 Å². The second kappa shape index (κ2) is 7.67. The molecule has 0 saturated carbocycles. The van der Waals surface area contributed by atoms with Crippen LogP contribution in [0.25, 0.3) is 0 Å². The van der Waals surface area contributed by atoms with E-state index in [1.807, 2.05) is 6.07 Å². The Bertz CT molecular complexity index is 910. The summed E-state index contributed by atoms with van der Waals surface area (Å²) in [6.07, 6.45) is 7.00. The van der Waals surface area contributed by atoms with Gasteiger partial charge in [0.2, 0.25) is 5.95 Å². The summed E-state index contributed by atoms with van der Waals surface area (Å²) in [6.45, 7) is 5.83. The summed E-state index contributed by atoms with van der Waals surface area (Å²) in [6, 6.07) is 1.90. The maximum Gasteiger partial charge on any atom is 0.262 e. The average molecular weight is 406 g/mol. The summed E-state index contributed by atoms with van der Waals surface area (Å²) in [5.41, 5.74) is 0. The molecular weight excluding hydrogens is 378 g/mol. The molecule has 4 heterocycles. The van der Waals surface area contributed by atoms with Crippen LogP contribution in [0.1, 0.15) is 25.1 Å². The molecule has 0 spiro atoms. The molecular formula is C18H27N7O2S. The molecule has 2 aliphatic rings. The Kier molecular flexibility index (Phi) is 5.24. The molecule has 0 N–H and O–H groups in total. The van der Waals surface area contributed by atoms with Gasteiger partial charge in [-0.3, -0.25) is 0 Å². The minimum atomic E-state index is -3.56. The lowest BCUT2D eigenvalue weighted by Gasteiger charge is -2.34. The van der Waals surface area contributed by atoms with E-state index in [-0.39, 0.29) is 5.03 Å². The van der Waals surface area contributed by atoms with E-state index in [0.717, 1.165) is 24.9 Å². The van der Waals surface area contributed by atoms with Crippen molar-refractivity contribution in [1.29, 1.82) is 0 Å². The van der Waals surface area contributed by atoms with Crippen molar-refractivity contribution < 1.29 is 8.42 Å². The summed E-state index contributed by atoms with van der Waals surface area (Å²) in [7, 11) is -1.76. The third kappa shape index (κ3) is 3.70. The minimum absolute atomic E-state index is 0.121. The van der Waals surface area contributed by atoms with E-state index in [2.05, 4.69) is 19.8 Å². The van der Waals surface area contributed by atoms with Gasteiger partial charge in [-0.15, -0.1) is 0 Å². The van der Waals surface area contributed by atoms with Crippen molar-refractivity contribution in [2.45, 2.75) is 31.2 Å². The van der Waals surface area contributed by atoms with E-state index in [1.165, 1.54) is 23.6 Å². The monoisotopic (exact) mass is 405 g/mol. The fourth-order valence-electron chi connectivity index (χ4n) is 3.70. The Labute approximate surface area is 166 Å². The number of imidazole rings is 1. The number of nitrogens with zero attached hydrogens (tertiary/aromatic N) is 7. The van der Waals surface area contributed by atoms with Crippen molar-refractivity contribution in [3.8, 4) is 0 Å². The van der Waals surface area contributed by atoms with Gasteiger partial charge in [0.15, 0.2) is 5.03 Å². The summed E-state index contributed by atoms with van der Waals surface area (Å²) in [5, 5.41) is 0.121. The van der Waals surface area contributed by atoms with Crippen molar-refractivity contribution in [1.82, 2.24) is 23.8 Å². The molecule has 2 aromatic heterocycles. The van der Waals surface area contributed by atoms with Gasteiger partial charge in [0.1, 0.15) is 11.6 Å². The molecule has 2 aliphatic heterocycles. The van der Waals surface area contributed by atoms with Crippen LogP contribution in [0.2, 0.25) is 0 Å². The van der Waals surface area contributed by atoms with E-state index in [1.54, 1.807) is 30.9 Å². The first-order valence-electron chi connectivity index (χ1n) is 9.78. The molecule has 4 rings (SSSR count). The minimum Gasteiger partial charge on any atom is -0.354 e. The van der Waals surface area contributed by atoms with Gasteiger partial charge in [-0.2, -0.15) is 9.29 Å². The Hall–Kier alpha value is -2.20. The first-order valence-corrected chi connectivity index (χ1v) is 11.2. The van der Waals surface area contributed by atoms with E-state index >= 15 is 0 Å². The van der Waals surface area contributed by atoms with E-state index in [0.29, 0.717) is 32.0 Å². The largest absolute Gasteiger partial charge is 0.354 e. The highest BCUT2D eigenvalue weighted by atomic mass is 32.2. The lowest BCUT2D eigenvalue weighted by molar-refractivity contribution is 0.382. The molecule has 152 valence electrons. The Morgan fingerprint density at radius 2 is 1.64 bits per heavy atom. The topological polar surface area (TPSA) is 87.5 Å². The summed E-state index contributed by atoms with van der Waals surface area (Å²) < 4.78 is 29.0. The molecule has 9 nitrogen and oxygen atoms in total. The number of hydrogen-bond acceptors (Lipinski definition) is 7. The molecule has 0 radical (unpaired) electrons. The van der Waals surface area contributed by atoms with Gasteiger partial charge in [0.25, 0.3) is 10.0 Å². The number of piperazine rings is 1. The molecule has 0 unspecified atom stereocenters. The molecule has 10 heteroatoms. The number of aryl methyl sites for hydroxylation is 2. The smallest absolute Gasteiger partial charge is 0.262 e. The van der Waals surface area contributed by atoms with Gasteiger partial charge in [-0.05, 0) is 32.3 Å². The highest BCUT2D eigenvalue weighted by Crippen LogP contribution is 2.22. The number of hydrogen-bond donors (Lipinski definition) is 0. The SMILES string of the molecule is Cc1nc(S(=O)(=O)N2CCN(c3ccnc(N4CCCCC4)n3)CC2)cn1C. The fourth-order valence-corrected chi connectivity index (χ4v) is 5.15. The second-order valence-corrected chi connectivity index (χ2v) is 9.28. The maximum atomic E-state index is 12.9. The van der Waals surface area contributed by atoms with Crippen LogP contribution in [0.15, 0.2) is 23.5 Å². The molecule has 2 saturated heterocycles. The van der Waals surface area contributed by atoms with E-state index < -0.39 is 10.0 Å². The number of rotatable bonds is 4. The zero-order valence-electron chi connectivity index (χ0n) is 16.5. The zero-order valence-corrected chi connectivity index (χ0v) is 17.3. The van der Waals surface area contributed by atoms with Crippen molar-refractivity contribution in [3.05, 3.63) is 24.3 Å². The molecule has 0 amide bonds. The highest BCUT2D eigenvalue weighted by molar-refractivity contribution is 7.89. The van der Waals surface area contributed by atoms with Crippen LogP contribution in [0.5, 0.6) is 0 Å². The predicted octanol–water partition coefficient (Wildman–Crippen LogP) is 1.02. The van der Waals surface area contributed by atoms with Crippen LogP contribution in [0.4, 0.5) is 11.8 Å². The number of aromatic nitrogens is 4. The van der Waals surface area contributed by atoms with Crippen LogP contribution in [0.3, 0.4) is 0 Å². The van der Waals surface area contributed by atoms with Gasteiger partial charge in [0.05, 0.1) is 0 Å². The third-order valence-electron chi connectivity index (χ3n) is 5.52. The van der Waals surface area contributed by atoms with Crippen LogP contribution in [-0.4, -0.2) is 71.5 Å².